The van der Waals surface area contributed by atoms with E-state index >= 15 is 0 Å². The van der Waals surface area contributed by atoms with Crippen molar-refractivity contribution < 1.29 is 33.4 Å². The van der Waals surface area contributed by atoms with Crippen LogP contribution in [-0.2, 0) is 48.0 Å². The average Bonchev–Trinajstić information content (AvgIpc) is 3.89. The number of urea groups is 1. The van der Waals surface area contributed by atoms with E-state index in [-0.39, 0.29) is 44.0 Å². The minimum absolute atomic E-state index is 0.0674. The highest BCUT2D eigenvalue weighted by Gasteiger charge is 2.43. The number of fused-ring (bicyclic) bond motifs is 6. The smallest absolute Gasteiger partial charge is 0.323 e. The number of hydrogen-bond acceptors (Lipinski definition) is 11. The highest BCUT2D eigenvalue weighted by molar-refractivity contribution is 7.10. The fraction of sp³-hybridized carbons (Fsp3) is 0.531. The van der Waals surface area contributed by atoms with Gasteiger partial charge in [-0.05, 0) is 81.9 Å². The van der Waals surface area contributed by atoms with Crippen LogP contribution < -0.4 is 10.7 Å². The minimum atomic E-state index is -1.10. The molecule has 5 amide bonds. The molecule has 4 atom stereocenters. The molecule has 1 saturated heterocycles. The molecule has 1 aromatic carbocycles. The Bertz CT molecular complexity index is 2490. The Morgan fingerprint density at radius 1 is 1.12 bits per heavy atom. The number of benzene rings is 1. The number of carbonyl (C=O) groups is 5. The van der Waals surface area contributed by atoms with Crippen LogP contribution >= 0.6 is 11.3 Å². The van der Waals surface area contributed by atoms with Gasteiger partial charge in [-0.2, -0.15) is 0 Å². The summed E-state index contributed by atoms with van der Waals surface area (Å²) in [7, 11) is 5.14. The first-order chi connectivity index (χ1) is 31.7. The van der Waals surface area contributed by atoms with Gasteiger partial charge in [-0.3, -0.25) is 29.2 Å². The molecule has 2 N–H and O–H groups in total. The lowest BCUT2D eigenvalue weighted by Crippen LogP contribution is -2.67. The molecule has 0 radical (unpaired) electrons. The number of nitrogens with one attached hydrogen (secondary N) is 2. The van der Waals surface area contributed by atoms with Crippen LogP contribution in [0.2, 0.25) is 0 Å². The number of cyclic esters (lactones) is 1. The maximum atomic E-state index is 14.8. The molecule has 6 bridgehead atoms. The topological polar surface area (TPSA) is 172 Å². The quantitative estimate of drug-likeness (QED) is 0.106. The average molecular weight is 956 g/mol. The first kappa shape index (κ1) is 51.0. The molecular formula is C49H69N9O7SSi. The Balaban J connectivity index is 1.41. The summed E-state index contributed by atoms with van der Waals surface area (Å²) in [5, 5.41) is 7.04. The molecule has 0 unspecified atom stereocenters. The van der Waals surface area contributed by atoms with Crippen molar-refractivity contribution in [2.45, 2.75) is 104 Å². The summed E-state index contributed by atoms with van der Waals surface area (Å²) in [6.07, 6.45) is 4.45. The van der Waals surface area contributed by atoms with Crippen molar-refractivity contribution in [1.29, 1.82) is 0 Å². The van der Waals surface area contributed by atoms with Crippen molar-refractivity contribution in [1.82, 2.24) is 45.0 Å². The normalized spacial score (nSPS) is 19.6. The van der Waals surface area contributed by atoms with E-state index < -0.39 is 46.5 Å². The van der Waals surface area contributed by atoms with Gasteiger partial charge >= 0.3 is 12.0 Å². The Morgan fingerprint density at radius 2 is 1.85 bits per heavy atom. The summed E-state index contributed by atoms with van der Waals surface area (Å²) in [5.41, 5.74) is 9.42. The van der Waals surface area contributed by atoms with E-state index in [2.05, 4.69) is 66.9 Å². The van der Waals surface area contributed by atoms with E-state index in [1.807, 2.05) is 39.1 Å². The van der Waals surface area contributed by atoms with E-state index in [0.29, 0.717) is 54.2 Å². The van der Waals surface area contributed by atoms with Crippen LogP contribution in [0, 0.1) is 11.3 Å². The van der Waals surface area contributed by atoms with Crippen molar-refractivity contribution >= 4 is 62.2 Å². The number of amides is 5. The maximum Gasteiger partial charge on any atom is 0.323 e. The van der Waals surface area contributed by atoms with Crippen molar-refractivity contribution in [2.24, 2.45) is 11.3 Å². The third kappa shape index (κ3) is 11.1. The number of esters is 1. The molecule has 6 rings (SSSR count). The number of hydrogen-bond donors (Lipinski definition) is 2. The number of likely N-dealkylation sites (N-methyl/N-ethyl adjacent to an activating group) is 3. The van der Waals surface area contributed by atoms with Gasteiger partial charge in [-0.1, -0.05) is 40.3 Å². The fourth-order valence-corrected chi connectivity index (χ4v) is 10.9. The first-order valence-corrected chi connectivity index (χ1v) is 25.2. The number of aromatic nitrogens is 3. The Morgan fingerprint density at radius 3 is 2.54 bits per heavy atom. The summed E-state index contributed by atoms with van der Waals surface area (Å²) in [4.78, 5) is 83.5. The SMILES string of the molecule is C=CC(=O)N(C)CCN(C)C(=O)N(C)[C@H](C(=O)N[C@H]1Cc2nc(cs2)-c2ccc3c(c2)c(c(-c2cccnc2[C@H](C)OCC)n3CC)CC(C)(C)COC(=O)[C@@]2([SiH3])CCCN(N2)C1=O)C(C)C. The molecule has 0 saturated carbocycles. The predicted molar refractivity (Wildman–Crippen MR) is 265 cm³/mol. The molecular weight excluding hydrogens is 887 g/mol. The molecule has 4 aromatic rings. The summed E-state index contributed by atoms with van der Waals surface area (Å²) in [5.74, 6) is -1.95. The van der Waals surface area contributed by atoms with Gasteiger partial charge in [0.25, 0.3) is 5.91 Å². The van der Waals surface area contributed by atoms with Crippen LogP contribution in [0.25, 0.3) is 33.4 Å². The minimum Gasteiger partial charge on any atom is -0.464 e. The highest BCUT2D eigenvalue weighted by Crippen LogP contribution is 2.42. The fourth-order valence-electron chi connectivity index (χ4n) is 9.27. The zero-order chi connectivity index (χ0) is 49.0. The number of nitrogens with zero attached hydrogens (tertiary/aromatic N) is 7. The Hall–Kier alpha value is -5.43. The van der Waals surface area contributed by atoms with Crippen molar-refractivity contribution in [3.8, 4) is 22.5 Å². The lowest BCUT2D eigenvalue weighted by atomic mass is 9.84. The van der Waals surface area contributed by atoms with E-state index in [0.717, 1.165) is 44.7 Å². The van der Waals surface area contributed by atoms with Crippen LogP contribution in [0.4, 0.5) is 4.79 Å². The summed E-state index contributed by atoms with van der Waals surface area (Å²) in [6.45, 7) is 19.7. The van der Waals surface area contributed by atoms with Gasteiger partial charge in [0.1, 0.15) is 17.2 Å². The molecule has 2 aliphatic heterocycles. The molecule has 2 aliphatic rings. The second-order valence-electron chi connectivity index (χ2n) is 19.2. The second-order valence-corrected chi connectivity index (χ2v) is 21.8. The molecule has 1 fully saturated rings. The highest BCUT2D eigenvalue weighted by atomic mass is 32.1. The Kier molecular flexibility index (Phi) is 16.2. The van der Waals surface area contributed by atoms with Gasteiger partial charge in [0, 0.05) is 110 Å². The number of aryl methyl sites for hydroxylation is 1. The van der Waals surface area contributed by atoms with E-state index in [9.17, 15) is 24.0 Å². The van der Waals surface area contributed by atoms with Crippen LogP contribution in [0.15, 0.2) is 54.6 Å². The third-order valence-corrected chi connectivity index (χ3v) is 14.9. The predicted octanol–water partition coefficient (Wildman–Crippen LogP) is 4.94. The van der Waals surface area contributed by atoms with Gasteiger partial charge in [-0.15, -0.1) is 11.3 Å². The molecule has 18 heteroatoms. The number of thiazole rings is 1. The lowest BCUT2D eigenvalue weighted by Gasteiger charge is -2.41. The van der Waals surface area contributed by atoms with Crippen LogP contribution in [0.5, 0.6) is 0 Å². The zero-order valence-electron chi connectivity index (χ0n) is 41.1. The van der Waals surface area contributed by atoms with E-state index in [4.69, 9.17) is 19.4 Å². The van der Waals surface area contributed by atoms with Crippen LogP contribution in [0.3, 0.4) is 0 Å². The van der Waals surface area contributed by atoms with E-state index in [1.165, 1.54) is 37.1 Å². The number of rotatable bonds is 13. The first-order valence-electron chi connectivity index (χ1n) is 23.3. The van der Waals surface area contributed by atoms with Gasteiger partial charge in [0.15, 0.2) is 0 Å². The van der Waals surface area contributed by atoms with Crippen molar-refractivity contribution in [2.75, 3.05) is 54.0 Å². The number of carbonyl (C=O) groups excluding carboxylic acids is 5. The summed E-state index contributed by atoms with van der Waals surface area (Å²) < 4.78 is 14.7. The number of ether oxygens (including phenoxy) is 2. The van der Waals surface area contributed by atoms with Gasteiger partial charge in [-0.25, -0.2) is 15.2 Å². The van der Waals surface area contributed by atoms with E-state index in [1.54, 1.807) is 27.3 Å². The zero-order valence-corrected chi connectivity index (χ0v) is 43.9. The molecule has 67 heavy (non-hydrogen) atoms. The lowest BCUT2D eigenvalue weighted by molar-refractivity contribution is -0.158. The molecule has 5 heterocycles. The Labute approximate surface area is 401 Å². The molecule has 0 aliphatic carbocycles. The summed E-state index contributed by atoms with van der Waals surface area (Å²) >= 11 is 1.41. The summed E-state index contributed by atoms with van der Waals surface area (Å²) in [6, 6.07) is 7.97. The van der Waals surface area contributed by atoms with Crippen LogP contribution in [-0.4, -0.2) is 145 Å². The maximum absolute atomic E-state index is 14.8. The standard InChI is InChI=1S/C49H69N9O7SSi/c1-12-40(59)54(9)23-24-55(10)47(63)56(11)42(30(4)5)44(60)52-36-26-39-51-37(28-66-39)32-18-19-38-34(25-32)35(43(57(38)13-2)33-17-15-21-50-41(33)31(6)64-14-3)27-48(7,8)29-65-46(62)49(67)20-16-22-58(53-49)45(36)61/h12,15,17-19,21,25,28,30-31,36,42,53H,1,13-14,16,20,22-24,26-27,29H2,2-11,67H3,(H,52,60)/t31-,36-,42-,49-/m0/s1. The molecule has 362 valence electrons. The third-order valence-electron chi connectivity index (χ3n) is 12.9. The van der Waals surface area contributed by atoms with Gasteiger partial charge in [0.2, 0.25) is 11.8 Å². The monoisotopic (exact) mass is 955 g/mol. The van der Waals surface area contributed by atoms with Crippen LogP contribution in [0.1, 0.15) is 83.7 Å². The molecule has 3 aromatic heterocycles. The van der Waals surface area contributed by atoms with Crippen molar-refractivity contribution in [3.05, 3.63) is 70.8 Å². The van der Waals surface area contributed by atoms with Gasteiger partial charge < -0.3 is 34.1 Å². The number of pyridine rings is 1. The number of hydrazine groups is 1. The van der Waals surface area contributed by atoms with Gasteiger partial charge in [0.05, 0.1) is 34.8 Å². The second kappa shape index (κ2) is 21.2. The molecule has 0 spiro atoms. The largest absolute Gasteiger partial charge is 0.464 e. The molecule has 16 nitrogen and oxygen atoms in total. The van der Waals surface area contributed by atoms with Crippen molar-refractivity contribution in [3.63, 3.8) is 0 Å².